The molecule has 0 aliphatic carbocycles. The van der Waals surface area contributed by atoms with Crippen LogP contribution in [0.1, 0.15) is 36.2 Å². The number of thiophene rings is 1. The second kappa shape index (κ2) is 6.68. The highest BCUT2D eigenvalue weighted by Gasteiger charge is 2.12. The number of nitrogens with one attached hydrogen (secondary N) is 2. The zero-order chi connectivity index (χ0) is 13.7. The fourth-order valence-corrected chi connectivity index (χ4v) is 3.09. The zero-order valence-corrected chi connectivity index (χ0v) is 12.6. The minimum atomic E-state index is -0.162. The van der Waals surface area contributed by atoms with Gasteiger partial charge in [-0.25, -0.2) is 9.78 Å². The molecule has 1 atom stereocenters. The van der Waals surface area contributed by atoms with Crippen LogP contribution in [-0.4, -0.2) is 11.0 Å². The van der Waals surface area contributed by atoms with Gasteiger partial charge in [-0.05, 0) is 35.7 Å². The Hall–Kier alpha value is -1.40. The van der Waals surface area contributed by atoms with Crippen LogP contribution >= 0.6 is 22.7 Å². The van der Waals surface area contributed by atoms with Crippen molar-refractivity contribution in [1.29, 1.82) is 0 Å². The summed E-state index contributed by atoms with van der Waals surface area (Å²) in [5.41, 5.74) is 2.04. The molecule has 0 aliphatic rings. The van der Waals surface area contributed by atoms with E-state index in [0.717, 1.165) is 22.7 Å². The topological polar surface area (TPSA) is 54.0 Å². The summed E-state index contributed by atoms with van der Waals surface area (Å²) in [6, 6.07) is 1.77. The molecule has 2 heterocycles. The van der Waals surface area contributed by atoms with E-state index in [2.05, 4.69) is 22.5 Å². The Morgan fingerprint density at radius 3 is 2.95 bits per heavy atom. The van der Waals surface area contributed by atoms with E-state index in [0.29, 0.717) is 6.54 Å². The minimum Gasteiger partial charge on any atom is -0.334 e. The lowest BCUT2D eigenvalue weighted by Crippen LogP contribution is -2.36. The Labute approximate surface area is 120 Å². The molecule has 4 nitrogen and oxygen atoms in total. The van der Waals surface area contributed by atoms with Gasteiger partial charge >= 0.3 is 6.03 Å². The second-order valence-electron chi connectivity index (χ2n) is 4.20. The van der Waals surface area contributed by atoms with Crippen LogP contribution in [0.3, 0.4) is 0 Å². The fourth-order valence-electron chi connectivity index (χ4n) is 1.58. The van der Waals surface area contributed by atoms with Crippen LogP contribution in [0.4, 0.5) is 4.79 Å². The number of hydrogen-bond donors (Lipinski definition) is 2. The Balaban J connectivity index is 1.81. The molecule has 0 bridgehead atoms. The van der Waals surface area contributed by atoms with Gasteiger partial charge in [0.2, 0.25) is 0 Å². The number of urea groups is 1. The summed E-state index contributed by atoms with van der Waals surface area (Å²) in [5, 5.41) is 12.9. The van der Waals surface area contributed by atoms with Gasteiger partial charge in [0.25, 0.3) is 0 Å². The maximum absolute atomic E-state index is 11.8. The molecule has 2 N–H and O–H groups in total. The first-order valence-electron chi connectivity index (χ1n) is 6.18. The van der Waals surface area contributed by atoms with E-state index in [1.54, 1.807) is 22.7 Å². The van der Waals surface area contributed by atoms with Crippen molar-refractivity contribution in [3.8, 4) is 0 Å². The Morgan fingerprint density at radius 2 is 2.32 bits per heavy atom. The van der Waals surface area contributed by atoms with Crippen molar-refractivity contribution in [3.05, 3.63) is 38.5 Å². The molecule has 0 unspecified atom stereocenters. The van der Waals surface area contributed by atoms with Gasteiger partial charge in [0.15, 0.2) is 0 Å². The number of thiazole rings is 1. The lowest BCUT2D eigenvalue weighted by molar-refractivity contribution is 0.237. The van der Waals surface area contributed by atoms with E-state index >= 15 is 0 Å². The standard InChI is InChI=1S/C13H17N3OS2/c1-3-12-16-11(8-19-12)9(2)15-13(17)14-6-10-4-5-18-7-10/h4-5,7-9H,3,6H2,1-2H3,(H2,14,15,17)/t9-/m0/s1. The first-order valence-corrected chi connectivity index (χ1v) is 8.01. The van der Waals surface area contributed by atoms with Crippen molar-refractivity contribution in [3.63, 3.8) is 0 Å². The van der Waals surface area contributed by atoms with E-state index in [9.17, 15) is 4.79 Å². The van der Waals surface area contributed by atoms with E-state index in [4.69, 9.17) is 0 Å². The molecule has 102 valence electrons. The number of nitrogens with zero attached hydrogens (tertiary/aromatic N) is 1. The number of aryl methyl sites for hydroxylation is 1. The van der Waals surface area contributed by atoms with E-state index in [1.165, 1.54) is 0 Å². The van der Waals surface area contributed by atoms with Crippen molar-refractivity contribution < 1.29 is 4.79 Å². The SMILES string of the molecule is CCc1nc([C@H](C)NC(=O)NCc2ccsc2)cs1. The zero-order valence-electron chi connectivity index (χ0n) is 11.0. The van der Waals surface area contributed by atoms with Gasteiger partial charge in [0, 0.05) is 11.9 Å². The number of hydrogen-bond acceptors (Lipinski definition) is 4. The van der Waals surface area contributed by atoms with Crippen molar-refractivity contribution >= 4 is 28.7 Å². The van der Waals surface area contributed by atoms with Gasteiger partial charge in [-0.1, -0.05) is 6.92 Å². The molecule has 6 heteroatoms. The highest BCUT2D eigenvalue weighted by atomic mass is 32.1. The number of carbonyl (C=O) groups is 1. The third-order valence-corrected chi connectivity index (χ3v) is 4.44. The van der Waals surface area contributed by atoms with Gasteiger partial charge in [-0.2, -0.15) is 11.3 Å². The number of amides is 2. The van der Waals surface area contributed by atoms with E-state index in [1.807, 2.05) is 29.1 Å². The average Bonchev–Trinajstić information content (AvgIpc) is 3.07. The summed E-state index contributed by atoms with van der Waals surface area (Å²) in [7, 11) is 0. The summed E-state index contributed by atoms with van der Waals surface area (Å²) < 4.78 is 0. The Bertz CT molecular complexity index is 522. The van der Waals surface area contributed by atoms with Gasteiger partial charge in [-0.3, -0.25) is 0 Å². The monoisotopic (exact) mass is 295 g/mol. The molecule has 2 amide bonds. The summed E-state index contributed by atoms with van der Waals surface area (Å²) in [6.07, 6.45) is 0.932. The molecule has 0 saturated carbocycles. The van der Waals surface area contributed by atoms with Crippen molar-refractivity contribution in [1.82, 2.24) is 15.6 Å². The molecule has 0 aromatic carbocycles. The summed E-state index contributed by atoms with van der Waals surface area (Å²) in [6.45, 7) is 4.58. The summed E-state index contributed by atoms with van der Waals surface area (Å²) in [4.78, 5) is 16.2. The normalized spacial score (nSPS) is 12.1. The van der Waals surface area contributed by atoms with Gasteiger partial charge in [-0.15, -0.1) is 11.3 Å². The lowest BCUT2D eigenvalue weighted by Gasteiger charge is -2.12. The second-order valence-corrected chi connectivity index (χ2v) is 5.92. The van der Waals surface area contributed by atoms with Crippen LogP contribution in [0.15, 0.2) is 22.2 Å². The molecule has 0 aliphatic heterocycles. The van der Waals surface area contributed by atoms with Gasteiger partial charge < -0.3 is 10.6 Å². The largest absolute Gasteiger partial charge is 0.334 e. The molecule has 2 aromatic rings. The van der Waals surface area contributed by atoms with Gasteiger partial charge in [0.1, 0.15) is 0 Å². The lowest BCUT2D eigenvalue weighted by atomic mass is 10.2. The highest BCUT2D eigenvalue weighted by Crippen LogP contribution is 2.16. The van der Waals surface area contributed by atoms with Crippen LogP contribution in [0.2, 0.25) is 0 Å². The third kappa shape index (κ3) is 4.04. The van der Waals surface area contributed by atoms with Crippen LogP contribution in [0, 0.1) is 0 Å². The van der Waals surface area contributed by atoms with Gasteiger partial charge in [0.05, 0.1) is 16.7 Å². The molecule has 0 saturated heterocycles. The predicted octanol–water partition coefficient (Wildman–Crippen LogP) is 3.33. The van der Waals surface area contributed by atoms with Crippen LogP contribution in [0.5, 0.6) is 0 Å². The smallest absolute Gasteiger partial charge is 0.315 e. The Kier molecular flexibility index (Phi) is 4.93. The maximum atomic E-state index is 11.8. The predicted molar refractivity (Wildman–Crippen MR) is 79.6 cm³/mol. The Morgan fingerprint density at radius 1 is 1.47 bits per heavy atom. The molecular weight excluding hydrogens is 278 g/mol. The fraction of sp³-hybridized carbons (Fsp3) is 0.385. The van der Waals surface area contributed by atoms with Crippen molar-refractivity contribution in [2.24, 2.45) is 0 Å². The summed E-state index contributed by atoms with van der Waals surface area (Å²) >= 11 is 3.26. The minimum absolute atomic E-state index is 0.0703. The molecule has 2 aromatic heterocycles. The quantitative estimate of drug-likeness (QED) is 0.889. The molecular formula is C13H17N3OS2. The molecule has 0 radical (unpaired) electrons. The van der Waals surface area contributed by atoms with Crippen molar-refractivity contribution in [2.45, 2.75) is 32.9 Å². The molecule has 2 rings (SSSR count). The van der Waals surface area contributed by atoms with E-state index < -0.39 is 0 Å². The number of aromatic nitrogens is 1. The summed E-state index contributed by atoms with van der Waals surface area (Å²) in [5.74, 6) is 0. The molecule has 0 spiro atoms. The van der Waals surface area contributed by atoms with Crippen LogP contribution < -0.4 is 10.6 Å². The van der Waals surface area contributed by atoms with E-state index in [-0.39, 0.29) is 12.1 Å². The highest BCUT2D eigenvalue weighted by molar-refractivity contribution is 7.09. The van der Waals surface area contributed by atoms with Crippen molar-refractivity contribution in [2.75, 3.05) is 0 Å². The molecule has 19 heavy (non-hydrogen) atoms. The van der Waals surface area contributed by atoms with Crippen LogP contribution in [-0.2, 0) is 13.0 Å². The third-order valence-electron chi connectivity index (χ3n) is 2.70. The average molecular weight is 295 g/mol. The molecule has 0 fully saturated rings. The maximum Gasteiger partial charge on any atom is 0.315 e. The number of carbonyl (C=O) groups excluding carboxylic acids is 1. The van der Waals surface area contributed by atoms with Crippen LogP contribution in [0.25, 0.3) is 0 Å². The first kappa shape index (κ1) is 14.0. The number of rotatable bonds is 5. The first-order chi connectivity index (χ1) is 9.19.